The van der Waals surface area contributed by atoms with Crippen molar-refractivity contribution in [2.45, 2.75) is 19.3 Å². The predicted octanol–water partition coefficient (Wildman–Crippen LogP) is 2.34. The van der Waals surface area contributed by atoms with Gasteiger partial charge in [-0.15, -0.1) is 0 Å². The van der Waals surface area contributed by atoms with Gasteiger partial charge < -0.3 is 15.2 Å². The second-order valence-corrected chi connectivity index (χ2v) is 6.59. The molecule has 3 rings (SSSR count). The molecule has 2 N–H and O–H groups in total. The quantitative estimate of drug-likeness (QED) is 0.831. The van der Waals surface area contributed by atoms with Gasteiger partial charge in [0, 0.05) is 32.2 Å². The number of nitrogens with zero attached hydrogens (tertiary/aromatic N) is 1. The van der Waals surface area contributed by atoms with Gasteiger partial charge in [-0.2, -0.15) is 0 Å². The Balaban J connectivity index is 1.83. The molecule has 1 aliphatic rings. The van der Waals surface area contributed by atoms with Crippen LogP contribution in [0.25, 0.3) is 11.1 Å². The number of carbonyl (C=O) groups excluding carboxylic acids is 1. The Labute approximate surface area is 152 Å². The van der Waals surface area contributed by atoms with Crippen molar-refractivity contribution in [2.75, 3.05) is 26.4 Å². The minimum Gasteiger partial charge on any atom is -0.395 e. The summed E-state index contributed by atoms with van der Waals surface area (Å²) in [7, 11) is 0. The Morgan fingerprint density at radius 3 is 2.58 bits per heavy atom. The molecule has 0 bridgehead atoms. The van der Waals surface area contributed by atoms with E-state index in [-0.39, 0.29) is 24.9 Å². The highest BCUT2D eigenvalue weighted by Gasteiger charge is 2.40. The number of hydrogen-bond donors (Lipinski definition) is 2. The van der Waals surface area contributed by atoms with Crippen LogP contribution in [-0.2, 0) is 16.0 Å². The third-order valence-electron chi connectivity index (χ3n) is 4.92. The fourth-order valence-electron chi connectivity index (χ4n) is 3.38. The van der Waals surface area contributed by atoms with Crippen LogP contribution in [-0.4, -0.2) is 42.4 Å². The van der Waals surface area contributed by atoms with E-state index in [0.29, 0.717) is 38.0 Å². The highest BCUT2D eigenvalue weighted by atomic mass is 19.1. The Morgan fingerprint density at radius 2 is 1.92 bits per heavy atom. The van der Waals surface area contributed by atoms with Crippen LogP contribution in [0.4, 0.5) is 4.39 Å². The van der Waals surface area contributed by atoms with Gasteiger partial charge in [0.1, 0.15) is 5.82 Å². The van der Waals surface area contributed by atoms with Crippen molar-refractivity contribution in [3.05, 3.63) is 54.1 Å². The van der Waals surface area contributed by atoms with Crippen LogP contribution in [0.1, 0.15) is 18.4 Å². The van der Waals surface area contributed by atoms with E-state index >= 15 is 0 Å². The molecular formula is C20H23FN2O3. The van der Waals surface area contributed by atoms with Gasteiger partial charge in [-0.3, -0.25) is 9.78 Å². The molecule has 138 valence electrons. The second-order valence-electron chi connectivity index (χ2n) is 6.59. The van der Waals surface area contributed by atoms with E-state index in [0.717, 1.165) is 11.1 Å². The molecule has 2 heterocycles. The molecule has 5 nitrogen and oxygen atoms in total. The first-order valence-corrected chi connectivity index (χ1v) is 8.80. The van der Waals surface area contributed by atoms with Gasteiger partial charge in [0.05, 0.1) is 12.0 Å². The van der Waals surface area contributed by atoms with Crippen LogP contribution in [0.3, 0.4) is 0 Å². The van der Waals surface area contributed by atoms with Crippen molar-refractivity contribution in [1.82, 2.24) is 10.3 Å². The van der Waals surface area contributed by atoms with Gasteiger partial charge in [-0.05, 0) is 54.2 Å². The molecule has 1 fully saturated rings. The standard InChI is InChI=1S/C20H23FN2O3/c21-18-13-16(15-3-7-22-8-4-15)1-2-17(18)14-20(5-11-26-12-6-20)19(25)23-9-10-24/h1-4,7-8,13,24H,5-6,9-12,14H2,(H,23,25). The minimum absolute atomic E-state index is 0.118. The van der Waals surface area contributed by atoms with E-state index in [2.05, 4.69) is 10.3 Å². The third kappa shape index (κ3) is 4.08. The number of aliphatic hydroxyl groups is 1. The number of nitrogens with one attached hydrogen (secondary N) is 1. The van der Waals surface area contributed by atoms with E-state index < -0.39 is 5.41 Å². The van der Waals surface area contributed by atoms with Crippen molar-refractivity contribution in [3.8, 4) is 11.1 Å². The first kappa shape index (κ1) is 18.5. The topological polar surface area (TPSA) is 71.5 Å². The lowest BCUT2D eigenvalue weighted by atomic mass is 9.74. The molecule has 0 spiro atoms. The van der Waals surface area contributed by atoms with Crippen molar-refractivity contribution in [1.29, 1.82) is 0 Å². The fourth-order valence-corrected chi connectivity index (χ4v) is 3.38. The molecule has 26 heavy (non-hydrogen) atoms. The summed E-state index contributed by atoms with van der Waals surface area (Å²) < 4.78 is 20.2. The van der Waals surface area contributed by atoms with Gasteiger partial charge in [0.2, 0.25) is 5.91 Å². The lowest BCUT2D eigenvalue weighted by molar-refractivity contribution is -0.136. The number of pyridine rings is 1. The largest absolute Gasteiger partial charge is 0.395 e. The van der Waals surface area contributed by atoms with Crippen LogP contribution in [0.5, 0.6) is 0 Å². The monoisotopic (exact) mass is 358 g/mol. The van der Waals surface area contributed by atoms with Crippen LogP contribution < -0.4 is 5.32 Å². The molecule has 1 aliphatic heterocycles. The predicted molar refractivity (Wildman–Crippen MR) is 95.9 cm³/mol. The number of ether oxygens (including phenoxy) is 1. The zero-order valence-electron chi connectivity index (χ0n) is 14.6. The average Bonchev–Trinajstić information content (AvgIpc) is 2.69. The smallest absolute Gasteiger partial charge is 0.226 e. The van der Waals surface area contributed by atoms with Crippen molar-refractivity contribution in [3.63, 3.8) is 0 Å². The van der Waals surface area contributed by atoms with Gasteiger partial charge in [0.15, 0.2) is 0 Å². The van der Waals surface area contributed by atoms with Gasteiger partial charge >= 0.3 is 0 Å². The number of aliphatic hydroxyl groups excluding tert-OH is 1. The number of rotatable bonds is 6. The Hall–Kier alpha value is -2.31. The molecule has 0 unspecified atom stereocenters. The third-order valence-corrected chi connectivity index (χ3v) is 4.92. The average molecular weight is 358 g/mol. The molecule has 1 saturated heterocycles. The number of hydrogen-bond acceptors (Lipinski definition) is 4. The van der Waals surface area contributed by atoms with E-state index in [1.807, 2.05) is 18.2 Å². The Bertz CT molecular complexity index is 746. The van der Waals surface area contributed by atoms with Gasteiger partial charge in [0.25, 0.3) is 0 Å². The Kier molecular flexibility index (Phi) is 5.96. The summed E-state index contributed by atoms with van der Waals surface area (Å²) in [5.74, 6) is -0.465. The summed E-state index contributed by atoms with van der Waals surface area (Å²) in [5, 5.41) is 11.7. The highest BCUT2D eigenvalue weighted by Crippen LogP contribution is 2.36. The summed E-state index contributed by atoms with van der Waals surface area (Å²) >= 11 is 0. The number of halogens is 1. The number of benzene rings is 1. The molecule has 1 aromatic carbocycles. The lowest BCUT2D eigenvalue weighted by Gasteiger charge is -2.36. The molecule has 6 heteroatoms. The number of amides is 1. The second kappa shape index (κ2) is 8.38. The molecule has 0 saturated carbocycles. The fraction of sp³-hybridized carbons (Fsp3) is 0.400. The van der Waals surface area contributed by atoms with Gasteiger partial charge in [-0.1, -0.05) is 12.1 Å². The summed E-state index contributed by atoms with van der Waals surface area (Å²) in [6, 6.07) is 8.78. The molecule has 0 radical (unpaired) electrons. The van der Waals surface area contributed by atoms with Crippen molar-refractivity contribution < 1.29 is 19.0 Å². The minimum atomic E-state index is -0.702. The van der Waals surface area contributed by atoms with Crippen molar-refractivity contribution >= 4 is 5.91 Å². The van der Waals surface area contributed by atoms with E-state index in [1.165, 1.54) is 6.07 Å². The summed E-state index contributed by atoms with van der Waals surface area (Å²) in [6.07, 6.45) is 4.73. The lowest BCUT2D eigenvalue weighted by Crippen LogP contribution is -2.47. The SMILES string of the molecule is O=C(NCCO)C1(Cc2ccc(-c3ccncc3)cc2F)CCOCC1. The molecule has 0 aliphatic carbocycles. The zero-order valence-corrected chi connectivity index (χ0v) is 14.6. The molecule has 0 atom stereocenters. The van der Waals surface area contributed by atoms with Gasteiger partial charge in [-0.25, -0.2) is 4.39 Å². The zero-order chi connectivity index (χ0) is 18.4. The molecule has 2 aromatic rings. The van der Waals surface area contributed by atoms with E-state index in [1.54, 1.807) is 18.5 Å². The Morgan fingerprint density at radius 1 is 1.19 bits per heavy atom. The van der Waals surface area contributed by atoms with Crippen LogP contribution in [0, 0.1) is 11.2 Å². The van der Waals surface area contributed by atoms with E-state index in [4.69, 9.17) is 9.84 Å². The maximum Gasteiger partial charge on any atom is 0.226 e. The summed E-state index contributed by atoms with van der Waals surface area (Å²) in [4.78, 5) is 16.6. The maximum absolute atomic E-state index is 14.8. The van der Waals surface area contributed by atoms with E-state index in [9.17, 15) is 9.18 Å². The maximum atomic E-state index is 14.8. The first-order chi connectivity index (χ1) is 12.6. The number of carbonyl (C=O) groups is 1. The first-order valence-electron chi connectivity index (χ1n) is 8.80. The van der Waals surface area contributed by atoms with Crippen LogP contribution in [0.2, 0.25) is 0 Å². The molecule has 1 aromatic heterocycles. The summed E-state index contributed by atoms with van der Waals surface area (Å²) in [6.45, 7) is 1.03. The van der Waals surface area contributed by atoms with Crippen LogP contribution >= 0.6 is 0 Å². The normalized spacial score (nSPS) is 16.2. The number of aromatic nitrogens is 1. The summed E-state index contributed by atoms with van der Waals surface area (Å²) in [5.41, 5.74) is 1.49. The highest BCUT2D eigenvalue weighted by molar-refractivity contribution is 5.83. The van der Waals surface area contributed by atoms with Crippen LogP contribution in [0.15, 0.2) is 42.7 Å². The molecular weight excluding hydrogens is 335 g/mol. The molecule has 1 amide bonds. The van der Waals surface area contributed by atoms with Crippen molar-refractivity contribution in [2.24, 2.45) is 5.41 Å².